The van der Waals surface area contributed by atoms with Gasteiger partial charge in [-0.1, -0.05) is 29.8 Å². The predicted molar refractivity (Wildman–Crippen MR) is 93.5 cm³/mol. The summed E-state index contributed by atoms with van der Waals surface area (Å²) in [6.45, 7) is 4.32. The zero-order valence-corrected chi connectivity index (χ0v) is 14.6. The summed E-state index contributed by atoms with van der Waals surface area (Å²) in [5, 5.41) is 4.14. The van der Waals surface area contributed by atoms with Crippen LogP contribution in [-0.4, -0.2) is 41.4 Å². The van der Waals surface area contributed by atoms with Gasteiger partial charge in [-0.05, 0) is 18.6 Å². The number of nitrogens with one attached hydrogen (secondary N) is 1. The number of rotatable bonds is 5. The summed E-state index contributed by atoms with van der Waals surface area (Å²) >= 11 is 8.08. The Kier molecular flexibility index (Phi) is 8.49. The van der Waals surface area contributed by atoms with Gasteiger partial charge < -0.3 is 10.2 Å². The molecule has 1 N–H and O–H groups in total. The highest BCUT2D eigenvalue weighted by atomic mass is 35.5. The third kappa shape index (κ3) is 5.70. The highest BCUT2D eigenvalue weighted by Crippen LogP contribution is 2.18. The van der Waals surface area contributed by atoms with Crippen LogP contribution in [0, 0.1) is 0 Å². The van der Waals surface area contributed by atoms with Gasteiger partial charge in [-0.15, -0.1) is 12.4 Å². The van der Waals surface area contributed by atoms with E-state index in [-0.39, 0.29) is 18.3 Å². The first-order chi connectivity index (χ1) is 9.70. The summed E-state index contributed by atoms with van der Waals surface area (Å²) in [7, 11) is 0. The van der Waals surface area contributed by atoms with Crippen LogP contribution in [0.4, 0.5) is 0 Å². The maximum Gasteiger partial charge on any atom is 0.224 e. The fraction of sp³-hybridized carbons (Fsp3) is 0.533. The van der Waals surface area contributed by atoms with E-state index in [1.807, 2.05) is 47.9 Å². The molecule has 6 heteroatoms. The summed E-state index contributed by atoms with van der Waals surface area (Å²) in [5.41, 5.74) is 1.01. The van der Waals surface area contributed by atoms with Gasteiger partial charge in [0.1, 0.15) is 0 Å². The molecule has 1 atom stereocenters. The number of halogens is 2. The molecule has 0 aliphatic carbocycles. The van der Waals surface area contributed by atoms with E-state index in [1.165, 1.54) is 0 Å². The first-order valence-electron chi connectivity index (χ1n) is 7.03. The quantitative estimate of drug-likeness (QED) is 0.886. The van der Waals surface area contributed by atoms with Crippen molar-refractivity contribution in [1.29, 1.82) is 0 Å². The zero-order valence-electron chi connectivity index (χ0n) is 12.2. The Morgan fingerprint density at radius 2 is 2.24 bits per heavy atom. The SMILES string of the molecule is CCN(Cc1ccccc1Cl)C(=O)CC1CSCCN1.Cl. The Balaban J connectivity index is 0.00000220. The molecule has 2 rings (SSSR count). The molecule has 118 valence electrons. The number of benzene rings is 1. The molecule has 21 heavy (non-hydrogen) atoms. The van der Waals surface area contributed by atoms with Crippen molar-refractivity contribution in [2.45, 2.75) is 25.9 Å². The third-order valence-electron chi connectivity index (χ3n) is 3.47. The van der Waals surface area contributed by atoms with Gasteiger partial charge >= 0.3 is 0 Å². The topological polar surface area (TPSA) is 32.3 Å². The van der Waals surface area contributed by atoms with E-state index in [9.17, 15) is 4.79 Å². The molecule has 1 aliphatic heterocycles. The number of carbonyl (C=O) groups is 1. The second-order valence-corrected chi connectivity index (χ2v) is 6.49. The number of hydrogen-bond donors (Lipinski definition) is 1. The maximum absolute atomic E-state index is 12.4. The smallest absolute Gasteiger partial charge is 0.224 e. The number of carbonyl (C=O) groups excluding carboxylic acids is 1. The maximum atomic E-state index is 12.4. The van der Waals surface area contributed by atoms with Gasteiger partial charge in [0.05, 0.1) is 0 Å². The Morgan fingerprint density at radius 1 is 1.48 bits per heavy atom. The van der Waals surface area contributed by atoms with Gasteiger partial charge in [0, 0.05) is 48.6 Å². The monoisotopic (exact) mass is 348 g/mol. The highest BCUT2D eigenvalue weighted by Gasteiger charge is 2.20. The molecule has 1 unspecified atom stereocenters. The highest BCUT2D eigenvalue weighted by molar-refractivity contribution is 7.99. The lowest BCUT2D eigenvalue weighted by atomic mass is 10.1. The summed E-state index contributed by atoms with van der Waals surface area (Å²) < 4.78 is 0. The van der Waals surface area contributed by atoms with Gasteiger partial charge in [-0.3, -0.25) is 4.79 Å². The van der Waals surface area contributed by atoms with Gasteiger partial charge in [0.25, 0.3) is 0 Å². The first kappa shape index (κ1) is 18.6. The van der Waals surface area contributed by atoms with Crippen LogP contribution < -0.4 is 5.32 Å². The largest absolute Gasteiger partial charge is 0.339 e. The lowest BCUT2D eigenvalue weighted by Gasteiger charge is -2.27. The van der Waals surface area contributed by atoms with Crippen molar-refractivity contribution < 1.29 is 4.79 Å². The first-order valence-corrected chi connectivity index (χ1v) is 8.56. The number of hydrogen-bond acceptors (Lipinski definition) is 3. The molecule has 1 fully saturated rings. The van der Waals surface area contributed by atoms with Gasteiger partial charge in [-0.2, -0.15) is 11.8 Å². The Labute approximate surface area is 142 Å². The summed E-state index contributed by atoms with van der Waals surface area (Å²) in [6, 6.07) is 8.02. The molecular weight excluding hydrogens is 327 g/mol. The molecule has 0 bridgehead atoms. The lowest BCUT2D eigenvalue weighted by molar-refractivity contribution is -0.132. The fourth-order valence-corrected chi connectivity index (χ4v) is 3.44. The van der Waals surface area contributed by atoms with Crippen molar-refractivity contribution in [3.63, 3.8) is 0 Å². The van der Waals surface area contributed by atoms with E-state index in [2.05, 4.69) is 5.32 Å². The van der Waals surface area contributed by atoms with Crippen LogP contribution in [0.5, 0.6) is 0 Å². The number of thioether (sulfide) groups is 1. The minimum absolute atomic E-state index is 0. The molecule has 3 nitrogen and oxygen atoms in total. The van der Waals surface area contributed by atoms with Crippen molar-refractivity contribution in [2.24, 2.45) is 0 Å². The molecule has 1 aromatic rings. The minimum atomic E-state index is 0. The average Bonchev–Trinajstić information content (AvgIpc) is 2.47. The minimum Gasteiger partial charge on any atom is -0.339 e. The molecule has 1 heterocycles. The van der Waals surface area contributed by atoms with Crippen LogP contribution >= 0.6 is 35.8 Å². The second-order valence-electron chi connectivity index (χ2n) is 4.93. The Hall–Kier alpha value is -0.420. The molecule has 1 aromatic carbocycles. The van der Waals surface area contributed by atoms with E-state index in [0.29, 0.717) is 25.6 Å². The normalized spacial score (nSPS) is 17.9. The molecule has 0 aromatic heterocycles. The van der Waals surface area contributed by atoms with Crippen molar-refractivity contribution >= 4 is 41.7 Å². The van der Waals surface area contributed by atoms with Crippen LogP contribution in [-0.2, 0) is 11.3 Å². The standard InChI is InChI=1S/C15H21ClN2OS.ClH/c1-2-18(10-12-5-3-4-6-14(12)16)15(19)9-13-11-20-8-7-17-13;/h3-6,13,17H,2,7-11H2,1H3;1H. The predicted octanol–water partition coefficient (Wildman–Crippen LogP) is 3.21. The molecule has 1 amide bonds. The summed E-state index contributed by atoms with van der Waals surface area (Å²) in [5.74, 6) is 2.37. The Morgan fingerprint density at radius 3 is 2.86 bits per heavy atom. The zero-order chi connectivity index (χ0) is 14.4. The summed E-state index contributed by atoms with van der Waals surface area (Å²) in [4.78, 5) is 14.3. The van der Waals surface area contributed by atoms with Crippen LogP contribution in [0.15, 0.2) is 24.3 Å². The van der Waals surface area contributed by atoms with E-state index in [0.717, 1.165) is 28.6 Å². The molecule has 0 spiro atoms. The van der Waals surface area contributed by atoms with E-state index in [4.69, 9.17) is 11.6 Å². The van der Waals surface area contributed by atoms with Crippen molar-refractivity contribution in [3.05, 3.63) is 34.9 Å². The summed E-state index contributed by atoms with van der Waals surface area (Å²) in [6.07, 6.45) is 0.575. The van der Waals surface area contributed by atoms with Gasteiger partial charge in [-0.25, -0.2) is 0 Å². The molecule has 0 radical (unpaired) electrons. The van der Waals surface area contributed by atoms with Crippen LogP contribution in [0.1, 0.15) is 18.9 Å². The van der Waals surface area contributed by atoms with Crippen molar-refractivity contribution in [3.8, 4) is 0 Å². The Bertz CT molecular complexity index is 453. The van der Waals surface area contributed by atoms with Gasteiger partial charge in [0.15, 0.2) is 0 Å². The number of amides is 1. The van der Waals surface area contributed by atoms with Crippen molar-refractivity contribution in [1.82, 2.24) is 10.2 Å². The van der Waals surface area contributed by atoms with Gasteiger partial charge in [0.2, 0.25) is 5.91 Å². The molecule has 1 aliphatic rings. The molecular formula is C15H22Cl2N2OS. The van der Waals surface area contributed by atoms with Crippen LogP contribution in [0.25, 0.3) is 0 Å². The lowest BCUT2D eigenvalue weighted by Crippen LogP contribution is -2.42. The molecule has 0 saturated carbocycles. The second kappa shape index (κ2) is 9.57. The van der Waals surface area contributed by atoms with E-state index >= 15 is 0 Å². The van der Waals surface area contributed by atoms with Crippen molar-refractivity contribution in [2.75, 3.05) is 24.6 Å². The van der Waals surface area contributed by atoms with Crippen LogP contribution in [0.3, 0.4) is 0 Å². The fourth-order valence-electron chi connectivity index (χ4n) is 2.30. The van der Waals surface area contributed by atoms with E-state index < -0.39 is 0 Å². The average molecular weight is 349 g/mol. The molecule has 1 saturated heterocycles. The third-order valence-corrected chi connectivity index (χ3v) is 4.97. The van der Waals surface area contributed by atoms with E-state index in [1.54, 1.807) is 0 Å². The van der Waals surface area contributed by atoms with Crippen LogP contribution in [0.2, 0.25) is 5.02 Å². The number of nitrogens with zero attached hydrogens (tertiary/aromatic N) is 1.